The van der Waals surface area contributed by atoms with Gasteiger partial charge in [-0.05, 0) is 49.2 Å². The zero-order valence-electron chi connectivity index (χ0n) is 12.5. The summed E-state index contributed by atoms with van der Waals surface area (Å²) in [5.41, 5.74) is 8.97. The SMILES string of the molecule is NC(=O)C1CCN(c2ccccc2)CC1.c1cc2ccc1[nH]2. The van der Waals surface area contributed by atoms with Crippen molar-refractivity contribution in [2.75, 3.05) is 18.0 Å². The van der Waals surface area contributed by atoms with Crippen molar-refractivity contribution in [3.05, 3.63) is 54.6 Å². The van der Waals surface area contributed by atoms with Crippen LogP contribution in [0.5, 0.6) is 0 Å². The number of hydrogen-bond acceptors (Lipinski definition) is 2. The van der Waals surface area contributed by atoms with Gasteiger partial charge in [0.15, 0.2) is 0 Å². The summed E-state index contributed by atoms with van der Waals surface area (Å²) in [6.07, 6.45) is 1.76. The Bertz CT molecular complexity index is 654. The number of aromatic amines is 1. The number of primary amides is 1. The van der Waals surface area contributed by atoms with E-state index in [0.29, 0.717) is 0 Å². The van der Waals surface area contributed by atoms with Crippen molar-refractivity contribution < 1.29 is 4.79 Å². The van der Waals surface area contributed by atoms with Gasteiger partial charge in [0.1, 0.15) is 0 Å². The van der Waals surface area contributed by atoms with Crippen molar-refractivity contribution in [3.8, 4) is 0 Å². The quantitative estimate of drug-likeness (QED) is 0.763. The lowest BCUT2D eigenvalue weighted by atomic mass is 9.96. The lowest BCUT2D eigenvalue weighted by Crippen LogP contribution is -2.38. The van der Waals surface area contributed by atoms with Crippen LogP contribution in [0.4, 0.5) is 5.69 Å². The number of amides is 1. The zero-order chi connectivity index (χ0) is 15.4. The number of aromatic nitrogens is 1. The smallest absolute Gasteiger partial charge is 0.220 e. The summed E-state index contributed by atoms with van der Waals surface area (Å²) in [4.78, 5) is 16.4. The van der Waals surface area contributed by atoms with E-state index in [4.69, 9.17) is 5.73 Å². The van der Waals surface area contributed by atoms with Gasteiger partial charge < -0.3 is 15.6 Å². The number of carbonyl (C=O) groups excluding carboxylic acids is 1. The van der Waals surface area contributed by atoms with Crippen molar-refractivity contribution >= 4 is 22.6 Å². The molecule has 2 aromatic heterocycles. The highest BCUT2D eigenvalue weighted by atomic mass is 16.1. The van der Waals surface area contributed by atoms with Gasteiger partial charge in [0.2, 0.25) is 5.91 Å². The predicted octanol–water partition coefficient (Wildman–Crippen LogP) is 2.99. The molecule has 1 fully saturated rings. The fourth-order valence-corrected chi connectivity index (χ4v) is 2.86. The first-order valence-corrected chi connectivity index (χ1v) is 7.69. The lowest BCUT2D eigenvalue weighted by Gasteiger charge is -2.32. The minimum atomic E-state index is -0.150. The third kappa shape index (κ3) is 3.39. The monoisotopic (exact) mass is 295 g/mol. The summed E-state index contributed by atoms with van der Waals surface area (Å²) in [5.74, 6) is -0.0762. The van der Waals surface area contributed by atoms with Crippen LogP contribution in [0, 0.1) is 5.92 Å². The number of rotatable bonds is 2. The first-order chi connectivity index (χ1) is 10.7. The Hall–Kier alpha value is -2.49. The molecule has 1 saturated heterocycles. The van der Waals surface area contributed by atoms with Crippen LogP contribution in [-0.2, 0) is 4.79 Å². The maximum Gasteiger partial charge on any atom is 0.220 e. The summed E-state index contributed by atoms with van der Waals surface area (Å²) in [6.45, 7) is 1.86. The number of hydrogen-bond donors (Lipinski definition) is 2. The van der Waals surface area contributed by atoms with E-state index in [1.165, 1.54) is 16.7 Å². The molecule has 0 spiro atoms. The fraction of sp³-hybridized carbons (Fsp3) is 0.278. The van der Waals surface area contributed by atoms with Gasteiger partial charge in [0.05, 0.1) is 0 Å². The molecule has 0 atom stereocenters. The van der Waals surface area contributed by atoms with Crippen LogP contribution in [0.1, 0.15) is 12.8 Å². The standard InChI is InChI=1S/C12H16N2O.C6H5N/c13-12(15)10-6-8-14(9-7-10)11-4-2-1-3-5-11;1-2-6-4-3-5(1)7-6/h1-5,10H,6-9H2,(H2,13,15);1-4,7H. The highest BCUT2D eigenvalue weighted by Gasteiger charge is 2.22. The number of fused-ring (bicyclic) bond motifs is 2. The Labute approximate surface area is 130 Å². The summed E-state index contributed by atoms with van der Waals surface area (Å²) in [6, 6.07) is 18.6. The number of piperidine rings is 1. The van der Waals surface area contributed by atoms with Gasteiger partial charge in [0, 0.05) is 35.7 Å². The number of nitrogens with one attached hydrogen (secondary N) is 1. The Kier molecular flexibility index (Phi) is 4.28. The van der Waals surface area contributed by atoms with Crippen molar-refractivity contribution in [2.24, 2.45) is 11.7 Å². The average Bonchev–Trinajstić information content (AvgIpc) is 3.22. The highest BCUT2D eigenvalue weighted by Crippen LogP contribution is 2.22. The lowest BCUT2D eigenvalue weighted by molar-refractivity contribution is -0.122. The first-order valence-electron chi connectivity index (χ1n) is 7.69. The molecule has 3 aromatic rings. The number of nitrogens with zero attached hydrogens (tertiary/aromatic N) is 1. The summed E-state index contributed by atoms with van der Waals surface area (Å²) in [7, 11) is 0. The minimum absolute atomic E-state index is 0.0740. The van der Waals surface area contributed by atoms with E-state index >= 15 is 0 Å². The third-order valence-electron chi connectivity index (χ3n) is 4.19. The van der Waals surface area contributed by atoms with Crippen LogP contribution in [-0.4, -0.2) is 24.0 Å². The number of carbonyl (C=O) groups is 1. The molecule has 2 bridgehead atoms. The second-order valence-electron chi connectivity index (χ2n) is 5.70. The van der Waals surface area contributed by atoms with Crippen molar-refractivity contribution in [3.63, 3.8) is 0 Å². The largest absolute Gasteiger partial charge is 0.371 e. The Balaban J connectivity index is 0.000000169. The van der Waals surface area contributed by atoms with E-state index < -0.39 is 0 Å². The molecule has 1 aliphatic heterocycles. The number of anilines is 1. The molecule has 22 heavy (non-hydrogen) atoms. The zero-order valence-corrected chi connectivity index (χ0v) is 12.5. The molecule has 4 rings (SSSR count). The molecule has 1 aliphatic rings. The van der Waals surface area contributed by atoms with E-state index in [2.05, 4.69) is 46.3 Å². The van der Waals surface area contributed by atoms with Crippen LogP contribution in [0.15, 0.2) is 54.6 Å². The van der Waals surface area contributed by atoms with E-state index in [-0.39, 0.29) is 11.8 Å². The summed E-state index contributed by atoms with van der Waals surface area (Å²) < 4.78 is 0. The molecule has 3 heterocycles. The Morgan fingerprint density at radius 2 is 1.50 bits per heavy atom. The molecular formula is C18H21N3O. The fourth-order valence-electron chi connectivity index (χ4n) is 2.86. The van der Waals surface area contributed by atoms with Crippen LogP contribution in [0.3, 0.4) is 0 Å². The molecule has 0 unspecified atom stereocenters. The maximum absolute atomic E-state index is 11.0. The van der Waals surface area contributed by atoms with Crippen molar-refractivity contribution in [1.82, 2.24) is 4.98 Å². The third-order valence-corrected chi connectivity index (χ3v) is 4.19. The number of benzene rings is 2. The van der Waals surface area contributed by atoms with E-state index in [9.17, 15) is 4.79 Å². The molecule has 1 aromatic carbocycles. The van der Waals surface area contributed by atoms with Crippen LogP contribution < -0.4 is 10.6 Å². The Morgan fingerprint density at radius 3 is 1.91 bits per heavy atom. The van der Waals surface area contributed by atoms with Gasteiger partial charge in [-0.25, -0.2) is 0 Å². The second kappa shape index (κ2) is 6.52. The highest BCUT2D eigenvalue weighted by molar-refractivity contribution is 5.77. The summed E-state index contributed by atoms with van der Waals surface area (Å²) >= 11 is 0. The minimum Gasteiger partial charge on any atom is -0.371 e. The molecule has 1 amide bonds. The molecular weight excluding hydrogens is 274 g/mol. The number of para-hydroxylation sites is 1. The summed E-state index contributed by atoms with van der Waals surface area (Å²) in [5, 5.41) is 0. The molecule has 4 nitrogen and oxygen atoms in total. The van der Waals surface area contributed by atoms with Gasteiger partial charge in [-0.2, -0.15) is 0 Å². The predicted molar refractivity (Wildman–Crippen MR) is 90.1 cm³/mol. The number of nitrogens with two attached hydrogens (primary N) is 1. The molecule has 4 heteroatoms. The van der Waals surface area contributed by atoms with Crippen LogP contribution >= 0.6 is 0 Å². The molecule has 0 radical (unpaired) electrons. The Morgan fingerprint density at radius 1 is 0.955 bits per heavy atom. The molecule has 0 saturated carbocycles. The van der Waals surface area contributed by atoms with E-state index in [1.54, 1.807) is 0 Å². The average molecular weight is 295 g/mol. The normalized spacial score (nSPS) is 15.5. The molecule has 3 N–H and O–H groups in total. The van der Waals surface area contributed by atoms with E-state index in [0.717, 1.165) is 25.9 Å². The van der Waals surface area contributed by atoms with Gasteiger partial charge in [-0.15, -0.1) is 0 Å². The number of H-pyrrole nitrogens is 1. The van der Waals surface area contributed by atoms with Crippen LogP contribution in [0.2, 0.25) is 0 Å². The van der Waals surface area contributed by atoms with Gasteiger partial charge >= 0.3 is 0 Å². The van der Waals surface area contributed by atoms with Gasteiger partial charge in [-0.3, -0.25) is 4.79 Å². The van der Waals surface area contributed by atoms with Crippen molar-refractivity contribution in [1.29, 1.82) is 0 Å². The van der Waals surface area contributed by atoms with Crippen LogP contribution in [0.25, 0.3) is 11.0 Å². The topological polar surface area (TPSA) is 62.1 Å². The van der Waals surface area contributed by atoms with Gasteiger partial charge in [0.25, 0.3) is 0 Å². The molecule has 114 valence electrons. The second-order valence-corrected chi connectivity index (χ2v) is 5.70. The van der Waals surface area contributed by atoms with Gasteiger partial charge in [-0.1, -0.05) is 18.2 Å². The first kappa shape index (κ1) is 14.4. The van der Waals surface area contributed by atoms with E-state index in [1.807, 2.05) is 18.2 Å². The molecule has 0 aliphatic carbocycles. The van der Waals surface area contributed by atoms with Crippen molar-refractivity contribution in [2.45, 2.75) is 12.8 Å². The maximum atomic E-state index is 11.0.